The summed E-state index contributed by atoms with van der Waals surface area (Å²) in [7, 11) is 0. The molecule has 1 aliphatic rings. The molecule has 0 saturated heterocycles. The van der Waals surface area contributed by atoms with E-state index in [9.17, 15) is 0 Å². The summed E-state index contributed by atoms with van der Waals surface area (Å²) in [6, 6.07) is 3.98. The van der Waals surface area contributed by atoms with Gasteiger partial charge in [-0.05, 0) is 18.6 Å². The lowest BCUT2D eigenvalue weighted by atomic mass is 10.3. The summed E-state index contributed by atoms with van der Waals surface area (Å²) in [6.45, 7) is 2.85. The fraction of sp³-hybridized carbons (Fsp3) is 0.333. The van der Waals surface area contributed by atoms with Crippen molar-refractivity contribution in [2.75, 3.05) is 11.6 Å². The van der Waals surface area contributed by atoms with Crippen molar-refractivity contribution in [1.29, 1.82) is 0 Å². The minimum atomic E-state index is 0. The quantitative estimate of drug-likeness (QED) is 0.761. The number of hydrazone groups is 1. The molecule has 15 heavy (non-hydrogen) atoms. The number of nitrogens with zero attached hydrogens (tertiary/aromatic N) is 3. The van der Waals surface area contributed by atoms with Gasteiger partial charge in [-0.1, -0.05) is 6.07 Å². The van der Waals surface area contributed by atoms with Crippen LogP contribution in [0.1, 0.15) is 12.0 Å². The number of rotatable bonds is 1. The number of hydrogen-bond donors (Lipinski definition) is 1. The average molecular weight is 231 g/mol. The Morgan fingerprint density at radius 2 is 2.13 bits per heavy atom. The minimum Gasteiger partial charge on any atom is -0.412 e. The Hall–Kier alpha value is -1.33. The van der Waals surface area contributed by atoms with Gasteiger partial charge < -0.3 is 11.2 Å². The van der Waals surface area contributed by atoms with Crippen molar-refractivity contribution in [1.82, 2.24) is 4.98 Å². The molecule has 0 fully saturated rings. The van der Waals surface area contributed by atoms with Crippen molar-refractivity contribution in [2.45, 2.75) is 13.3 Å². The average Bonchev–Trinajstić information content (AvgIpc) is 2.53. The lowest BCUT2D eigenvalue weighted by molar-refractivity contribution is 0.824. The lowest BCUT2D eigenvalue weighted by Crippen LogP contribution is -2.13. The van der Waals surface area contributed by atoms with E-state index in [1.54, 1.807) is 0 Å². The predicted octanol–water partition coefficient (Wildman–Crippen LogP) is 0.469. The molecule has 2 heterocycles. The van der Waals surface area contributed by atoms with Gasteiger partial charge in [-0.25, -0.2) is 9.99 Å². The highest BCUT2D eigenvalue weighted by molar-refractivity contribution is 5.85. The molecule has 2 rings (SSSR count). The molecular formula is C9H15ClN4O. The molecule has 0 amide bonds. The summed E-state index contributed by atoms with van der Waals surface area (Å²) in [4.78, 5) is 4.26. The molecule has 0 bridgehead atoms. The summed E-state index contributed by atoms with van der Waals surface area (Å²) in [5, 5.41) is 5.98. The topological polar surface area (TPSA) is 86.0 Å². The van der Waals surface area contributed by atoms with Crippen molar-refractivity contribution >= 4 is 24.1 Å². The Kier molecular flexibility index (Phi) is 5.04. The molecule has 1 aromatic rings. The second-order valence-corrected chi connectivity index (χ2v) is 3.16. The van der Waals surface area contributed by atoms with E-state index >= 15 is 0 Å². The van der Waals surface area contributed by atoms with Gasteiger partial charge in [0.1, 0.15) is 11.7 Å². The van der Waals surface area contributed by atoms with Gasteiger partial charge >= 0.3 is 0 Å². The number of nitrogens with two attached hydrogens (primary N) is 1. The third kappa shape index (κ3) is 3.07. The van der Waals surface area contributed by atoms with E-state index in [0.29, 0.717) is 5.84 Å². The monoisotopic (exact) mass is 230 g/mol. The molecule has 5 nitrogen and oxygen atoms in total. The lowest BCUT2D eigenvalue weighted by Gasteiger charge is -2.11. The Morgan fingerprint density at radius 1 is 1.40 bits per heavy atom. The van der Waals surface area contributed by atoms with Crippen molar-refractivity contribution in [2.24, 2.45) is 10.8 Å². The summed E-state index contributed by atoms with van der Waals surface area (Å²) in [6.07, 6.45) is 2.66. The van der Waals surface area contributed by atoms with E-state index in [0.717, 1.165) is 24.3 Å². The Morgan fingerprint density at radius 3 is 2.60 bits per heavy atom. The number of pyridine rings is 1. The second kappa shape index (κ2) is 5.53. The zero-order valence-electron chi connectivity index (χ0n) is 8.47. The van der Waals surface area contributed by atoms with Crippen LogP contribution in [0.25, 0.3) is 0 Å². The van der Waals surface area contributed by atoms with E-state index in [1.807, 2.05) is 30.3 Å². The molecule has 6 heteroatoms. The van der Waals surface area contributed by atoms with E-state index in [4.69, 9.17) is 5.73 Å². The van der Waals surface area contributed by atoms with Gasteiger partial charge in [0.05, 0.1) is 6.54 Å². The number of anilines is 1. The van der Waals surface area contributed by atoms with Crippen LogP contribution >= 0.6 is 12.4 Å². The molecule has 0 radical (unpaired) electrons. The predicted molar refractivity (Wildman–Crippen MR) is 63.4 cm³/mol. The van der Waals surface area contributed by atoms with Crippen LogP contribution in [0.15, 0.2) is 23.4 Å². The normalized spacial score (nSPS) is 13.9. The first-order valence-corrected chi connectivity index (χ1v) is 4.29. The summed E-state index contributed by atoms with van der Waals surface area (Å²) in [5.41, 5.74) is 6.73. The smallest absolute Gasteiger partial charge is 0.148 e. The standard InChI is InChI=1S/C9H12N4.ClH.H2O/c1-7-2-3-9(11-6-7)13-5-4-8(10)12-13;;/h2-3,6H,4-5H2,1H3,(H2,10,12);1H;1H2. The van der Waals surface area contributed by atoms with Crippen molar-refractivity contribution in [3.63, 3.8) is 0 Å². The fourth-order valence-corrected chi connectivity index (χ4v) is 1.25. The molecule has 0 saturated carbocycles. The van der Waals surface area contributed by atoms with Crippen LogP contribution in [0.3, 0.4) is 0 Å². The second-order valence-electron chi connectivity index (χ2n) is 3.16. The summed E-state index contributed by atoms with van der Waals surface area (Å²) >= 11 is 0. The van der Waals surface area contributed by atoms with Crippen LogP contribution in [-0.4, -0.2) is 22.8 Å². The zero-order valence-corrected chi connectivity index (χ0v) is 9.29. The van der Waals surface area contributed by atoms with Gasteiger partial charge in [-0.15, -0.1) is 12.4 Å². The van der Waals surface area contributed by atoms with Gasteiger partial charge in [0, 0.05) is 12.6 Å². The first-order chi connectivity index (χ1) is 6.25. The maximum atomic E-state index is 5.57. The number of halogens is 1. The highest BCUT2D eigenvalue weighted by Crippen LogP contribution is 2.15. The van der Waals surface area contributed by atoms with E-state index in [-0.39, 0.29) is 17.9 Å². The van der Waals surface area contributed by atoms with Gasteiger partial charge in [0.15, 0.2) is 0 Å². The molecule has 1 aliphatic heterocycles. The van der Waals surface area contributed by atoms with Crippen LogP contribution in [0.2, 0.25) is 0 Å². The van der Waals surface area contributed by atoms with Crippen LogP contribution in [-0.2, 0) is 0 Å². The van der Waals surface area contributed by atoms with Gasteiger partial charge in [-0.2, -0.15) is 5.10 Å². The van der Waals surface area contributed by atoms with Crippen molar-refractivity contribution < 1.29 is 5.48 Å². The Bertz CT molecular complexity index is 338. The Balaban J connectivity index is 0.000000980. The minimum absolute atomic E-state index is 0. The molecule has 84 valence electrons. The number of aryl methyl sites for hydroxylation is 1. The van der Waals surface area contributed by atoms with Crippen LogP contribution < -0.4 is 10.7 Å². The largest absolute Gasteiger partial charge is 0.412 e. The van der Waals surface area contributed by atoms with Crippen LogP contribution in [0.5, 0.6) is 0 Å². The molecular weight excluding hydrogens is 216 g/mol. The molecule has 0 atom stereocenters. The third-order valence-corrected chi connectivity index (χ3v) is 1.99. The summed E-state index contributed by atoms with van der Waals surface area (Å²) < 4.78 is 0. The number of aromatic nitrogens is 1. The molecule has 0 spiro atoms. The first kappa shape index (κ1) is 13.7. The zero-order chi connectivity index (χ0) is 9.26. The van der Waals surface area contributed by atoms with Crippen LogP contribution in [0.4, 0.5) is 5.82 Å². The molecule has 4 N–H and O–H groups in total. The number of hydrogen-bond acceptors (Lipinski definition) is 4. The molecule has 0 aromatic carbocycles. The SMILES string of the molecule is Cc1ccc(N2CCC(N)=N2)nc1.Cl.O. The van der Waals surface area contributed by atoms with E-state index in [2.05, 4.69) is 10.1 Å². The van der Waals surface area contributed by atoms with Crippen LogP contribution in [0, 0.1) is 6.92 Å². The molecule has 0 unspecified atom stereocenters. The molecule has 1 aromatic heterocycles. The summed E-state index contributed by atoms with van der Waals surface area (Å²) in [5.74, 6) is 1.55. The van der Waals surface area contributed by atoms with Gasteiger partial charge in [-0.3, -0.25) is 0 Å². The van der Waals surface area contributed by atoms with Gasteiger partial charge in [0.2, 0.25) is 0 Å². The highest BCUT2D eigenvalue weighted by Gasteiger charge is 2.13. The maximum absolute atomic E-state index is 5.57. The fourth-order valence-electron chi connectivity index (χ4n) is 1.25. The Labute approximate surface area is 94.7 Å². The van der Waals surface area contributed by atoms with Gasteiger partial charge in [0.25, 0.3) is 0 Å². The first-order valence-electron chi connectivity index (χ1n) is 4.29. The maximum Gasteiger partial charge on any atom is 0.148 e. The van der Waals surface area contributed by atoms with E-state index in [1.165, 1.54) is 0 Å². The molecule has 0 aliphatic carbocycles. The number of amidine groups is 1. The highest BCUT2D eigenvalue weighted by atomic mass is 35.5. The van der Waals surface area contributed by atoms with E-state index < -0.39 is 0 Å². The third-order valence-electron chi connectivity index (χ3n) is 1.99. The van der Waals surface area contributed by atoms with Crippen molar-refractivity contribution in [3.8, 4) is 0 Å². The van der Waals surface area contributed by atoms with Crippen molar-refractivity contribution in [3.05, 3.63) is 23.9 Å².